The molecule has 0 fully saturated rings. The number of carbonyl (C=O) groups excluding carboxylic acids is 1. The van der Waals surface area contributed by atoms with Gasteiger partial charge in [0.15, 0.2) is 0 Å². The minimum atomic E-state index is -0.459. The molecule has 0 aliphatic rings. The first-order valence-corrected chi connectivity index (χ1v) is 5.34. The van der Waals surface area contributed by atoms with E-state index in [4.69, 9.17) is 0 Å². The molecule has 94 valence electrons. The van der Waals surface area contributed by atoms with Crippen molar-refractivity contribution in [3.05, 3.63) is 65.3 Å². The Morgan fingerprint density at radius 2 is 2.06 bits per heavy atom. The third-order valence-electron chi connectivity index (χ3n) is 2.39. The number of hydrogen-bond donors (Lipinski definition) is 0. The van der Waals surface area contributed by atoms with Crippen LogP contribution in [0.15, 0.2) is 49.6 Å². The zero-order valence-electron chi connectivity index (χ0n) is 9.91. The van der Waals surface area contributed by atoms with Crippen molar-refractivity contribution in [3.63, 3.8) is 0 Å². The van der Waals surface area contributed by atoms with Gasteiger partial charge in [0.2, 0.25) is 5.91 Å². The number of nitrogens with zero attached hydrogens (tertiary/aromatic N) is 2. The molecule has 0 radical (unpaired) electrons. The topological polar surface area (TPSA) is 63.4 Å². The van der Waals surface area contributed by atoms with Crippen LogP contribution in [0.4, 0.5) is 5.69 Å². The van der Waals surface area contributed by atoms with Crippen LogP contribution in [0.5, 0.6) is 0 Å². The summed E-state index contributed by atoms with van der Waals surface area (Å²) in [6.45, 7) is 7.43. The smallest absolute Gasteiger partial charge is 0.274 e. The molecule has 0 spiro atoms. The summed E-state index contributed by atoms with van der Waals surface area (Å²) in [6.07, 6.45) is 2.74. The first-order chi connectivity index (χ1) is 8.60. The number of rotatable bonds is 6. The summed E-state index contributed by atoms with van der Waals surface area (Å²) in [4.78, 5) is 23.4. The van der Waals surface area contributed by atoms with Crippen molar-refractivity contribution in [1.29, 1.82) is 0 Å². The Morgan fingerprint density at radius 1 is 1.39 bits per heavy atom. The number of carbonyl (C=O) groups is 1. The monoisotopic (exact) mass is 246 g/mol. The number of nitro groups is 1. The van der Waals surface area contributed by atoms with Gasteiger partial charge in [-0.25, -0.2) is 0 Å². The van der Waals surface area contributed by atoms with Crippen LogP contribution in [-0.4, -0.2) is 22.3 Å². The molecule has 0 saturated carbocycles. The quantitative estimate of drug-likeness (QED) is 0.335. The Kier molecular flexibility index (Phi) is 4.80. The average Bonchev–Trinajstić information content (AvgIpc) is 2.37. The van der Waals surface area contributed by atoms with E-state index in [-0.39, 0.29) is 18.1 Å². The Labute approximate surface area is 105 Å². The standard InChI is InChI=1S/C13H14N2O3/c1-3-9-14(13(16)4-2)10-11-7-5-6-8-12(11)15(17)18/h3-8H,1-2,9-10H2. The van der Waals surface area contributed by atoms with Gasteiger partial charge in [0.05, 0.1) is 11.5 Å². The minimum absolute atomic E-state index is 0.00317. The maximum atomic E-state index is 11.6. The maximum Gasteiger partial charge on any atom is 0.274 e. The van der Waals surface area contributed by atoms with Crippen molar-refractivity contribution in [3.8, 4) is 0 Å². The van der Waals surface area contributed by atoms with Crippen molar-refractivity contribution in [2.24, 2.45) is 0 Å². The maximum absolute atomic E-state index is 11.6. The molecule has 1 amide bonds. The van der Waals surface area contributed by atoms with E-state index in [1.54, 1.807) is 24.3 Å². The molecule has 0 bridgehead atoms. The van der Waals surface area contributed by atoms with E-state index >= 15 is 0 Å². The van der Waals surface area contributed by atoms with Crippen LogP contribution >= 0.6 is 0 Å². The highest BCUT2D eigenvalue weighted by atomic mass is 16.6. The van der Waals surface area contributed by atoms with Gasteiger partial charge in [-0.05, 0) is 6.08 Å². The van der Waals surface area contributed by atoms with Gasteiger partial charge in [-0.2, -0.15) is 0 Å². The molecular weight excluding hydrogens is 232 g/mol. The van der Waals surface area contributed by atoms with Crippen LogP contribution in [0.1, 0.15) is 5.56 Å². The summed E-state index contributed by atoms with van der Waals surface area (Å²) in [5.74, 6) is -0.284. The zero-order chi connectivity index (χ0) is 13.5. The van der Waals surface area contributed by atoms with Gasteiger partial charge in [-0.1, -0.05) is 30.9 Å². The van der Waals surface area contributed by atoms with E-state index in [1.165, 1.54) is 17.0 Å². The molecule has 0 aromatic heterocycles. The van der Waals surface area contributed by atoms with Crippen molar-refractivity contribution < 1.29 is 9.72 Å². The summed E-state index contributed by atoms with van der Waals surface area (Å²) in [5.41, 5.74) is 0.489. The molecule has 5 nitrogen and oxygen atoms in total. The van der Waals surface area contributed by atoms with Gasteiger partial charge < -0.3 is 4.90 Å². The average molecular weight is 246 g/mol. The highest BCUT2D eigenvalue weighted by Crippen LogP contribution is 2.19. The highest BCUT2D eigenvalue weighted by Gasteiger charge is 2.17. The Balaban J connectivity index is 3.00. The van der Waals surface area contributed by atoms with Gasteiger partial charge in [-0.15, -0.1) is 6.58 Å². The third-order valence-corrected chi connectivity index (χ3v) is 2.39. The van der Waals surface area contributed by atoms with Crippen molar-refractivity contribution in [1.82, 2.24) is 4.90 Å². The zero-order valence-corrected chi connectivity index (χ0v) is 9.91. The van der Waals surface area contributed by atoms with E-state index < -0.39 is 4.92 Å². The molecule has 0 saturated heterocycles. The van der Waals surface area contributed by atoms with E-state index in [2.05, 4.69) is 13.2 Å². The molecule has 18 heavy (non-hydrogen) atoms. The fourth-order valence-corrected chi connectivity index (χ4v) is 1.55. The van der Waals surface area contributed by atoms with E-state index in [0.29, 0.717) is 12.1 Å². The molecule has 0 heterocycles. The van der Waals surface area contributed by atoms with Gasteiger partial charge in [-0.3, -0.25) is 14.9 Å². The summed E-state index contributed by atoms with van der Waals surface area (Å²) in [7, 11) is 0. The predicted octanol–water partition coefficient (Wildman–Crippen LogP) is 2.30. The lowest BCUT2D eigenvalue weighted by atomic mass is 10.1. The molecule has 0 aliphatic carbocycles. The summed E-state index contributed by atoms with van der Waals surface area (Å²) in [6, 6.07) is 6.34. The lowest BCUT2D eigenvalue weighted by Crippen LogP contribution is -2.29. The Hall–Kier alpha value is -2.43. The summed E-state index contributed by atoms with van der Waals surface area (Å²) in [5, 5.41) is 10.9. The van der Waals surface area contributed by atoms with E-state index in [1.807, 2.05) is 0 Å². The van der Waals surface area contributed by atoms with E-state index in [0.717, 1.165) is 0 Å². The second-order valence-electron chi connectivity index (χ2n) is 3.60. The first kappa shape index (κ1) is 13.6. The van der Waals surface area contributed by atoms with Gasteiger partial charge in [0.1, 0.15) is 0 Å². The fourth-order valence-electron chi connectivity index (χ4n) is 1.55. The molecular formula is C13H14N2O3. The normalized spacial score (nSPS) is 9.56. The Morgan fingerprint density at radius 3 is 2.61 bits per heavy atom. The number of benzene rings is 1. The van der Waals surface area contributed by atoms with Gasteiger partial charge >= 0.3 is 0 Å². The number of nitro benzene ring substituents is 1. The van der Waals surface area contributed by atoms with Crippen LogP contribution in [0.25, 0.3) is 0 Å². The molecule has 1 aromatic rings. The molecule has 0 aliphatic heterocycles. The van der Waals surface area contributed by atoms with Gasteiger partial charge in [0.25, 0.3) is 5.69 Å². The molecule has 1 rings (SSSR count). The van der Waals surface area contributed by atoms with Crippen LogP contribution in [0.2, 0.25) is 0 Å². The number of hydrogen-bond acceptors (Lipinski definition) is 3. The lowest BCUT2D eigenvalue weighted by Gasteiger charge is -2.19. The molecule has 0 unspecified atom stereocenters. The number of para-hydroxylation sites is 1. The third kappa shape index (κ3) is 3.28. The van der Waals surface area contributed by atoms with Crippen molar-refractivity contribution >= 4 is 11.6 Å². The van der Waals surface area contributed by atoms with Crippen LogP contribution in [-0.2, 0) is 11.3 Å². The summed E-state index contributed by atoms with van der Waals surface area (Å²) < 4.78 is 0. The second-order valence-corrected chi connectivity index (χ2v) is 3.60. The molecule has 0 atom stereocenters. The van der Waals surface area contributed by atoms with Gasteiger partial charge in [0, 0.05) is 18.2 Å². The highest BCUT2D eigenvalue weighted by molar-refractivity contribution is 5.87. The van der Waals surface area contributed by atoms with E-state index in [9.17, 15) is 14.9 Å². The minimum Gasteiger partial charge on any atom is -0.331 e. The Bertz CT molecular complexity index is 483. The van der Waals surface area contributed by atoms with Crippen molar-refractivity contribution in [2.45, 2.75) is 6.54 Å². The van der Waals surface area contributed by atoms with Crippen LogP contribution in [0.3, 0.4) is 0 Å². The first-order valence-electron chi connectivity index (χ1n) is 5.34. The molecule has 5 heteroatoms. The second kappa shape index (κ2) is 6.34. The SMILES string of the molecule is C=CCN(Cc1ccccc1[N+](=O)[O-])C(=O)C=C. The van der Waals surface area contributed by atoms with Crippen LogP contribution in [0, 0.1) is 10.1 Å². The largest absolute Gasteiger partial charge is 0.331 e. The molecule has 0 N–H and O–H groups in total. The summed E-state index contributed by atoms with van der Waals surface area (Å²) >= 11 is 0. The van der Waals surface area contributed by atoms with Crippen molar-refractivity contribution in [2.75, 3.05) is 6.54 Å². The fraction of sp³-hybridized carbons (Fsp3) is 0.154. The lowest BCUT2D eigenvalue weighted by molar-refractivity contribution is -0.385. The van der Waals surface area contributed by atoms with Crippen LogP contribution < -0.4 is 0 Å². The number of amides is 1. The molecule has 1 aromatic carbocycles. The predicted molar refractivity (Wildman–Crippen MR) is 68.9 cm³/mol.